The number of halogens is 1. The number of nitrogens with one attached hydrogen (secondary N) is 1. The topological polar surface area (TPSA) is 84.9 Å². The average Bonchev–Trinajstić information content (AvgIpc) is 3.29. The summed E-state index contributed by atoms with van der Waals surface area (Å²) in [6, 6.07) is 6.22. The second-order valence-electron chi connectivity index (χ2n) is 7.98. The molecule has 4 heterocycles. The largest absolute Gasteiger partial charge is 0.423 e. The van der Waals surface area contributed by atoms with Gasteiger partial charge in [-0.25, -0.2) is 5.01 Å². The minimum Gasteiger partial charge on any atom is -0.423 e. The number of benzene rings is 1. The number of piperidine rings is 1. The highest BCUT2D eigenvalue weighted by Crippen LogP contribution is 2.55. The van der Waals surface area contributed by atoms with Crippen LogP contribution in [0, 0.1) is 19.8 Å². The highest BCUT2D eigenvalue weighted by Gasteiger charge is 2.60. The first kappa shape index (κ1) is 17.6. The maximum absolute atomic E-state index is 6.39. The van der Waals surface area contributed by atoms with E-state index in [1.165, 1.54) is 0 Å². The van der Waals surface area contributed by atoms with E-state index in [1.54, 1.807) is 11.0 Å². The monoisotopic (exact) mass is 399 g/mol. The van der Waals surface area contributed by atoms with Crippen LogP contribution in [0.2, 0.25) is 5.02 Å². The van der Waals surface area contributed by atoms with Crippen LogP contribution in [-0.4, -0.2) is 36.2 Å². The number of hydrogen-bond acceptors (Lipinski definition) is 7. The molecule has 1 aromatic carbocycles. The van der Waals surface area contributed by atoms with Crippen molar-refractivity contribution < 1.29 is 4.42 Å². The van der Waals surface area contributed by atoms with E-state index in [-0.39, 0.29) is 5.54 Å². The van der Waals surface area contributed by atoms with Crippen LogP contribution < -0.4 is 5.43 Å². The standard InChI is InChI=1S/C19H22ClN7O/c1-11-6-15-9-19(8-11,18-23-22-13(3)28-18)26(15)25-14-4-5-16(20)17(7-14)27-21-10-12(2)24-27/h4-5,7,10-11,15,25H,6,8-9H2,1-3H3. The first-order valence-electron chi connectivity index (χ1n) is 9.50. The summed E-state index contributed by atoms with van der Waals surface area (Å²) in [4.78, 5) is 1.55. The molecule has 0 spiro atoms. The summed E-state index contributed by atoms with van der Waals surface area (Å²) in [6.07, 6.45) is 4.86. The van der Waals surface area contributed by atoms with Crippen molar-refractivity contribution in [2.75, 3.05) is 5.43 Å². The van der Waals surface area contributed by atoms with Gasteiger partial charge in [0.2, 0.25) is 11.8 Å². The van der Waals surface area contributed by atoms with Crippen LogP contribution in [-0.2, 0) is 5.54 Å². The number of rotatable bonds is 4. The van der Waals surface area contributed by atoms with Crippen molar-refractivity contribution >= 4 is 17.3 Å². The fraction of sp³-hybridized carbons (Fsp3) is 0.474. The fourth-order valence-electron chi connectivity index (χ4n) is 4.60. The second-order valence-corrected chi connectivity index (χ2v) is 8.39. The van der Waals surface area contributed by atoms with Gasteiger partial charge >= 0.3 is 0 Å². The normalized spacial score (nSPS) is 26.9. The first-order valence-corrected chi connectivity index (χ1v) is 9.88. The molecule has 9 heteroatoms. The summed E-state index contributed by atoms with van der Waals surface area (Å²) >= 11 is 6.39. The molecule has 2 aromatic heterocycles. The number of aromatic nitrogens is 5. The minimum absolute atomic E-state index is 0.260. The molecule has 2 aliphatic heterocycles. The lowest BCUT2D eigenvalue weighted by atomic mass is 9.65. The van der Waals surface area contributed by atoms with E-state index in [0.29, 0.717) is 28.8 Å². The summed E-state index contributed by atoms with van der Waals surface area (Å²) in [5.74, 6) is 1.90. The van der Waals surface area contributed by atoms with Crippen molar-refractivity contribution in [3.8, 4) is 5.69 Å². The van der Waals surface area contributed by atoms with E-state index < -0.39 is 0 Å². The van der Waals surface area contributed by atoms with E-state index in [2.05, 4.69) is 37.8 Å². The van der Waals surface area contributed by atoms with E-state index in [4.69, 9.17) is 16.0 Å². The van der Waals surface area contributed by atoms with Crippen molar-refractivity contribution in [3.63, 3.8) is 0 Å². The van der Waals surface area contributed by atoms with Crippen molar-refractivity contribution in [1.29, 1.82) is 0 Å². The summed E-state index contributed by atoms with van der Waals surface area (Å²) < 4.78 is 5.85. The number of aryl methyl sites for hydroxylation is 2. The van der Waals surface area contributed by atoms with Gasteiger partial charge in [-0.1, -0.05) is 18.5 Å². The van der Waals surface area contributed by atoms with Crippen molar-refractivity contribution in [1.82, 2.24) is 30.2 Å². The Bertz CT molecular complexity index is 1030. The van der Waals surface area contributed by atoms with Crippen LogP contribution in [0.4, 0.5) is 5.69 Å². The minimum atomic E-state index is -0.260. The van der Waals surface area contributed by atoms with Crippen LogP contribution in [0.25, 0.3) is 5.69 Å². The molecule has 146 valence electrons. The Morgan fingerprint density at radius 3 is 2.82 bits per heavy atom. The summed E-state index contributed by atoms with van der Waals surface area (Å²) in [6.45, 7) is 6.02. The lowest BCUT2D eigenvalue weighted by molar-refractivity contribution is -0.132. The van der Waals surface area contributed by atoms with Gasteiger partial charge in [0.1, 0.15) is 11.2 Å². The van der Waals surface area contributed by atoms with Crippen molar-refractivity contribution in [3.05, 3.63) is 46.9 Å². The summed E-state index contributed by atoms with van der Waals surface area (Å²) in [7, 11) is 0. The zero-order chi connectivity index (χ0) is 19.5. The Morgan fingerprint density at radius 2 is 2.11 bits per heavy atom. The molecular formula is C19H22ClN7O. The maximum Gasteiger partial charge on any atom is 0.238 e. The molecule has 8 nitrogen and oxygen atoms in total. The number of hydrogen-bond donors (Lipinski definition) is 1. The Morgan fingerprint density at radius 1 is 1.25 bits per heavy atom. The van der Waals surface area contributed by atoms with Crippen LogP contribution in [0.15, 0.2) is 28.8 Å². The summed E-state index contributed by atoms with van der Waals surface area (Å²) in [5, 5.41) is 19.9. The fourth-order valence-corrected chi connectivity index (χ4v) is 4.79. The van der Waals surface area contributed by atoms with E-state index in [0.717, 1.165) is 36.3 Å². The molecule has 2 saturated heterocycles. The van der Waals surface area contributed by atoms with Gasteiger partial charge < -0.3 is 9.84 Å². The quantitative estimate of drug-likeness (QED) is 0.716. The highest BCUT2D eigenvalue weighted by atomic mass is 35.5. The van der Waals surface area contributed by atoms with Gasteiger partial charge in [0.25, 0.3) is 0 Å². The third-order valence-corrected chi connectivity index (χ3v) is 6.02. The lowest BCUT2D eigenvalue weighted by Crippen LogP contribution is -2.69. The van der Waals surface area contributed by atoms with Crippen molar-refractivity contribution in [2.24, 2.45) is 5.92 Å². The van der Waals surface area contributed by atoms with Crippen LogP contribution in [0.5, 0.6) is 0 Å². The summed E-state index contributed by atoms with van der Waals surface area (Å²) in [5.41, 5.74) is 5.81. The number of nitrogens with zero attached hydrogens (tertiary/aromatic N) is 6. The Hall–Kier alpha value is -2.45. The molecule has 1 N–H and O–H groups in total. The van der Waals surface area contributed by atoms with Gasteiger partial charge in [-0.2, -0.15) is 10.2 Å². The molecule has 0 radical (unpaired) electrons. The molecule has 0 saturated carbocycles. The van der Waals surface area contributed by atoms with Crippen molar-refractivity contribution in [2.45, 2.75) is 51.6 Å². The Kier molecular flexibility index (Phi) is 3.96. The van der Waals surface area contributed by atoms with Crippen LogP contribution in [0.3, 0.4) is 0 Å². The lowest BCUT2D eigenvalue weighted by Gasteiger charge is -2.61. The zero-order valence-corrected chi connectivity index (χ0v) is 16.8. The first-order chi connectivity index (χ1) is 13.4. The van der Waals surface area contributed by atoms with Gasteiger partial charge in [0.05, 0.1) is 22.6 Å². The molecule has 3 unspecified atom stereocenters. The van der Waals surface area contributed by atoms with Gasteiger partial charge in [-0.3, -0.25) is 0 Å². The molecule has 5 rings (SSSR count). The Labute approximate surface area is 167 Å². The predicted molar refractivity (Wildman–Crippen MR) is 104 cm³/mol. The predicted octanol–water partition coefficient (Wildman–Crippen LogP) is 3.65. The van der Waals surface area contributed by atoms with Gasteiger partial charge in [-0.05, 0) is 50.3 Å². The van der Waals surface area contributed by atoms with Gasteiger partial charge in [0.15, 0.2) is 0 Å². The molecule has 0 amide bonds. The molecule has 2 fully saturated rings. The zero-order valence-electron chi connectivity index (χ0n) is 16.1. The number of fused-ring (bicyclic) bond motifs is 2. The maximum atomic E-state index is 6.39. The average molecular weight is 400 g/mol. The molecule has 2 bridgehead atoms. The van der Waals surface area contributed by atoms with Crippen LogP contribution >= 0.6 is 11.6 Å². The van der Waals surface area contributed by atoms with E-state index in [9.17, 15) is 0 Å². The van der Waals surface area contributed by atoms with E-state index >= 15 is 0 Å². The van der Waals surface area contributed by atoms with Gasteiger partial charge in [0, 0.05) is 13.0 Å². The molecule has 2 aliphatic rings. The highest BCUT2D eigenvalue weighted by molar-refractivity contribution is 6.32. The third-order valence-electron chi connectivity index (χ3n) is 5.70. The SMILES string of the molecule is Cc1cnn(-c2cc(NN3C4CC(C)CC3(c3nnc(C)o3)C4)ccc2Cl)n1. The second kappa shape index (κ2) is 6.28. The third kappa shape index (κ3) is 2.70. The molecule has 28 heavy (non-hydrogen) atoms. The number of hydrazine groups is 1. The molecule has 3 atom stereocenters. The van der Waals surface area contributed by atoms with Gasteiger partial charge in [-0.15, -0.1) is 15.0 Å². The molecular weight excluding hydrogens is 378 g/mol. The molecule has 3 aromatic rings. The van der Waals surface area contributed by atoms with Crippen LogP contribution in [0.1, 0.15) is 43.7 Å². The molecule has 0 aliphatic carbocycles. The Balaban J connectivity index is 1.47. The number of anilines is 1. The van der Waals surface area contributed by atoms with E-state index in [1.807, 2.05) is 32.0 Å². The smallest absolute Gasteiger partial charge is 0.238 e.